The van der Waals surface area contributed by atoms with Crippen LogP contribution in [0.25, 0.3) is 0 Å². The highest BCUT2D eigenvalue weighted by molar-refractivity contribution is 5.73. The number of nitrogens with zero attached hydrogens (tertiary/aromatic N) is 5. The van der Waals surface area contributed by atoms with Crippen LogP contribution >= 0.6 is 0 Å². The third-order valence-corrected chi connectivity index (χ3v) is 15.6. The number of carboxylic acids is 1. The van der Waals surface area contributed by atoms with Crippen molar-refractivity contribution in [2.75, 3.05) is 39.6 Å². The molecule has 1 aromatic heterocycles. The monoisotopic (exact) mass is 668 g/mol. The molecule has 3 N–H and O–H groups in total. The van der Waals surface area contributed by atoms with Crippen molar-refractivity contribution in [3.05, 3.63) is 11.6 Å². The summed E-state index contributed by atoms with van der Waals surface area (Å²) in [7, 11) is 4.28. The molecule has 12 atom stereocenters. The van der Waals surface area contributed by atoms with E-state index in [4.69, 9.17) is 15.2 Å². The SMILES string of the molecule is CCC[C@H](CO[C@H]1[C@H](n2nnc(N)n2)C[C@]2(C)COC[C@@]13C1=CC[C@@]4(C)[C@H](C(=O)O)[C@@](C)([C@H](C)C(C)C)CC[C@]4(C)[C@H]1CC[C@H]23)N(C)C. The van der Waals surface area contributed by atoms with Crippen LogP contribution in [-0.4, -0.2) is 82.2 Å². The van der Waals surface area contributed by atoms with Gasteiger partial charge in [-0.2, -0.15) is 4.80 Å². The lowest BCUT2D eigenvalue weighted by molar-refractivity contribution is -0.255. The van der Waals surface area contributed by atoms with E-state index in [0.29, 0.717) is 37.6 Å². The summed E-state index contributed by atoms with van der Waals surface area (Å²) < 4.78 is 14.0. The zero-order valence-corrected chi connectivity index (χ0v) is 31.5. The molecule has 270 valence electrons. The second kappa shape index (κ2) is 12.3. The lowest BCUT2D eigenvalue weighted by atomic mass is 9.34. The van der Waals surface area contributed by atoms with Crippen LogP contribution in [-0.2, 0) is 14.3 Å². The summed E-state index contributed by atoms with van der Waals surface area (Å²) in [6.45, 7) is 20.4. The van der Waals surface area contributed by atoms with Gasteiger partial charge in [0.1, 0.15) is 6.04 Å². The number of hydrogen-bond acceptors (Lipinski definition) is 8. The second-order valence-electron chi connectivity index (χ2n) is 18.3. The van der Waals surface area contributed by atoms with Gasteiger partial charge in [0.05, 0.1) is 31.8 Å². The van der Waals surface area contributed by atoms with Crippen LogP contribution in [0.5, 0.6) is 0 Å². The Morgan fingerprint density at radius 3 is 2.48 bits per heavy atom. The molecule has 3 saturated carbocycles. The predicted octanol–water partition coefficient (Wildman–Crippen LogP) is 6.50. The number of nitrogens with two attached hydrogens (primary N) is 1. The Kier molecular flexibility index (Phi) is 9.19. The maximum atomic E-state index is 13.5. The Morgan fingerprint density at radius 2 is 1.88 bits per heavy atom. The van der Waals surface area contributed by atoms with Crippen LogP contribution in [0.3, 0.4) is 0 Å². The number of hydrogen-bond donors (Lipinski definition) is 2. The van der Waals surface area contributed by atoms with Gasteiger partial charge in [0.15, 0.2) is 0 Å². The molecule has 4 fully saturated rings. The molecule has 2 heterocycles. The molecule has 10 heteroatoms. The van der Waals surface area contributed by atoms with E-state index in [1.54, 1.807) is 4.80 Å². The highest BCUT2D eigenvalue weighted by Crippen LogP contribution is 2.75. The van der Waals surface area contributed by atoms with E-state index < -0.39 is 11.9 Å². The maximum absolute atomic E-state index is 13.5. The van der Waals surface area contributed by atoms with Crippen LogP contribution in [0.1, 0.15) is 113 Å². The number of nitrogen functional groups attached to an aromatic ring is 1. The quantitative estimate of drug-likeness (QED) is 0.269. The fourth-order valence-corrected chi connectivity index (χ4v) is 12.5. The molecule has 5 aliphatic rings. The van der Waals surface area contributed by atoms with E-state index in [1.807, 2.05) is 0 Å². The molecule has 0 radical (unpaired) electrons. The summed E-state index contributed by atoms with van der Waals surface area (Å²) in [6.07, 6.45) is 10.1. The first-order chi connectivity index (χ1) is 22.5. The number of aliphatic carboxylic acids is 1. The number of fused-ring (bicyclic) bond motifs is 3. The Bertz CT molecular complexity index is 1400. The van der Waals surface area contributed by atoms with Crippen molar-refractivity contribution in [3.63, 3.8) is 0 Å². The molecule has 1 saturated heterocycles. The lowest BCUT2D eigenvalue weighted by Crippen LogP contribution is -2.70. The zero-order chi connectivity index (χ0) is 35.0. The van der Waals surface area contributed by atoms with Crippen LogP contribution in [0.2, 0.25) is 0 Å². The molecule has 48 heavy (non-hydrogen) atoms. The summed E-state index contributed by atoms with van der Waals surface area (Å²) in [4.78, 5) is 17.5. The topological polar surface area (TPSA) is 129 Å². The molecular formula is C38H64N6O4. The van der Waals surface area contributed by atoms with Gasteiger partial charge in [0.2, 0.25) is 0 Å². The van der Waals surface area contributed by atoms with Gasteiger partial charge < -0.3 is 25.2 Å². The fraction of sp³-hybridized carbons (Fsp3) is 0.895. The van der Waals surface area contributed by atoms with E-state index in [9.17, 15) is 9.90 Å². The van der Waals surface area contributed by atoms with Crippen LogP contribution < -0.4 is 5.73 Å². The van der Waals surface area contributed by atoms with Gasteiger partial charge in [0.25, 0.3) is 5.95 Å². The second-order valence-corrected chi connectivity index (χ2v) is 18.3. The Morgan fingerprint density at radius 1 is 1.15 bits per heavy atom. The average molecular weight is 669 g/mol. The smallest absolute Gasteiger partial charge is 0.307 e. The van der Waals surface area contributed by atoms with Crippen molar-refractivity contribution in [1.29, 1.82) is 0 Å². The van der Waals surface area contributed by atoms with Crippen molar-refractivity contribution in [2.24, 2.45) is 56.7 Å². The standard InChI is InChI=1S/C38H64N6O4/c1-11-12-25(43(9)10)20-48-31-28(44-41-33(39)40-42-44)19-34(5)21-47-22-38(31)27-15-16-37(8)30(32(45)46)35(6,24(4)23(2)3)17-18-36(37,7)26(27)13-14-29(34)38/h15,23-26,28-31H,11-14,16-22H2,1-10H3,(H2,39,41)(H,45,46)/t24-,25-,26+,28-,29-,30-,31+,34-,35-,36-,37+,38+/m1/s1. The molecule has 0 aromatic carbocycles. The van der Waals surface area contributed by atoms with E-state index in [1.165, 1.54) is 5.57 Å². The van der Waals surface area contributed by atoms with Gasteiger partial charge in [-0.1, -0.05) is 78.6 Å². The van der Waals surface area contributed by atoms with E-state index >= 15 is 0 Å². The highest BCUT2D eigenvalue weighted by atomic mass is 16.5. The largest absolute Gasteiger partial charge is 0.481 e. The maximum Gasteiger partial charge on any atom is 0.307 e. The number of carbonyl (C=O) groups is 1. The Labute approximate surface area is 288 Å². The van der Waals surface area contributed by atoms with Crippen molar-refractivity contribution in [1.82, 2.24) is 25.1 Å². The number of carboxylic acid groups (broad SMARTS) is 1. The predicted molar refractivity (Wildman–Crippen MR) is 187 cm³/mol. The summed E-state index contributed by atoms with van der Waals surface area (Å²) >= 11 is 0. The van der Waals surface area contributed by atoms with Crippen LogP contribution in [0.4, 0.5) is 5.95 Å². The summed E-state index contributed by atoms with van der Waals surface area (Å²) in [5.41, 5.74) is 6.24. The van der Waals surface area contributed by atoms with Gasteiger partial charge >= 0.3 is 5.97 Å². The van der Waals surface area contributed by atoms with Gasteiger partial charge in [0, 0.05) is 11.5 Å². The van der Waals surface area contributed by atoms with Crippen molar-refractivity contribution in [2.45, 2.75) is 125 Å². The molecule has 6 rings (SSSR count). The minimum Gasteiger partial charge on any atom is -0.481 e. The third-order valence-electron chi connectivity index (χ3n) is 15.6. The van der Waals surface area contributed by atoms with Crippen molar-refractivity contribution >= 4 is 11.9 Å². The zero-order valence-electron chi connectivity index (χ0n) is 31.5. The molecule has 10 nitrogen and oxygen atoms in total. The minimum absolute atomic E-state index is 0.0928. The van der Waals surface area contributed by atoms with Gasteiger partial charge in [-0.25, -0.2) is 0 Å². The summed E-state index contributed by atoms with van der Waals surface area (Å²) in [5.74, 6) is 0.476. The summed E-state index contributed by atoms with van der Waals surface area (Å²) in [6, 6.07) is 0.145. The average Bonchev–Trinajstić information content (AvgIpc) is 3.45. The number of rotatable bonds is 10. The van der Waals surface area contributed by atoms with Crippen LogP contribution in [0.15, 0.2) is 11.6 Å². The molecule has 0 spiro atoms. The van der Waals surface area contributed by atoms with E-state index in [-0.39, 0.29) is 57.1 Å². The van der Waals surface area contributed by atoms with Crippen molar-refractivity contribution < 1.29 is 19.4 Å². The number of likely N-dealkylation sites (N-methyl/N-ethyl adjacent to an activating group) is 1. The number of ether oxygens (including phenoxy) is 2. The molecular weight excluding hydrogens is 604 g/mol. The molecule has 2 bridgehead atoms. The minimum atomic E-state index is -0.630. The van der Waals surface area contributed by atoms with Gasteiger partial charge in [-0.15, -0.1) is 5.10 Å². The first-order valence-corrected chi connectivity index (χ1v) is 18.8. The number of allylic oxidation sites excluding steroid dienone is 1. The summed E-state index contributed by atoms with van der Waals surface area (Å²) in [5, 5.41) is 24.3. The molecule has 1 aliphatic heterocycles. The first-order valence-electron chi connectivity index (χ1n) is 18.8. The van der Waals surface area contributed by atoms with E-state index in [0.717, 1.165) is 51.4 Å². The highest BCUT2D eigenvalue weighted by Gasteiger charge is 2.72. The normalized spacial score (nSPS) is 43.6. The lowest BCUT2D eigenvalue weighted by Gasteiger charge is -2.71. The molecule has 1 aromatic rings. The van der Waals surface area contributed by atoms with Gasteiger partial charge in [-0.3, -0.25) is 4.79 Å². The Balaban J connectivity index is 1.50. The third kappa shape index (κ3) is 5.03. The van der Waals surface area contributed by atoms with E-state index in [2.05, 4.69) is 95.9 Å². The number of aromatic nitrogens is 4. The number of anilines is 1. The molecule has 0 amide bonds. The first kappa shape index (κ1) is 35.8. The van der Waals surface area contributed by atoms with Gasteiger partial charge in [-0.05, 0) is 110 Å². The Hall–Kier alpha value is -2.04. The fourth-order valence-electron chi connectivity index (χ4n) is 12.5. The van der Waals surface area contributed by atoms with Crippen LogP contribution in [0, 0.1) is 56.7 Å². The molecule has 4 aliphatic carbocycles. The number of tetrazole rings is 1. The molecule has 0 unspecified atom stereocenters. The van der Waals surface area contributed by atoms with Crippen molar-refractivity contribution in [3.8, 4) is 0 Å².